The van der Waals surface area contributed by atoms with E-state index < -0.39 is 0 Å². The van der Waals surface area contributed by atoms with Crippen molar-refractivity contribution in [1.82, 2.24) is 9.47 Å². The van der Waals surface area contributed by atoms with Crippen molar-refractivity contribution in [2.75, 3.05) is 13.1 Å². The van der Waals surface area contributed by atoms with Gasteiger partial charge < -0.3 is 9.47 Å². The Morgan fingerprint density at radius 3 is 2.55 bits per heavy atom. The van der Waals surface area contributed by atoms with Gasteiger partial charge in [0.1, 0.15) is 0 Å². The third-order valence-corrected chi connectivity index (χ3v) is 4.21. The average molecular weight is 270 g/mol. The Bertz CT molecular complexity index is 579. The first-order valence-electron chi connectivity index (χ1n) is 7.66. The van der Waals surface area contributed by atoms with E-state index in [4.69, 9.17) is 0 Å². The monoisotopic (exact) mass is 270 g/mol. The lowest BCUT2D eigenvalue weighted by molar-refractivity contribution is -0.131. The summed E-state index contributed by atoms with van der Waals surface area (Å²) in [6, 6.07) is 10.4. The molecule has 2 aromatic rings. The predicted octanol–water partition coefficient (Wildman–Crippen LogP) is 3.43. The number of amides is 1. The Morgan fingerprint density at radius 2 is 1.75 bits per heavy atom. The Labute approximate surface area is 120 Å². The number of hydrogen-bond acceptors (Lipinski definition) is 1. The summed E-state index contributed by atoms with van der Waals surface area (Å²) in [5.74, 6) is 0.310. The molecule has 0 unspecified atom stereocenters. The van der Waals surface area contributed by atoms with Gasteiger partial charge in [0.25, 0.3) is 0 Å². The summed E-state index contributed by atoms with van der Waals surface area (Å²) in [5, 5.41) is 1.25. The lowest BCUT2D eigenvalue weighted by atomic mass is 10.2. The molecule has 0 spiro atoms. The van der Waals surface area contributed by atoms with E-state index in [0.717, 1.165) is 32.5 Å². The topological polar surface area (TPSA) is 25.2 Å². The van der Waals surface area contributed by atoms with Crippen LogP contribution in [0.1, 0.15) is 32.1 Å². The van der Waals surface area contributed by atoms with Crippen LogP contribution in [-0.4, -0.2) is 28.5 Å². The zero-order valence-corrected chi connectivity index (χ0v) is 11.9. The summed E-state index contributed by atoms with van der Waals surface area (Å²) in [6.07, 6.45) is 7.56. The minimum Gasteiger partial charge on any atom is -0.347 e. The van der Waals surface area contributed by atoms with Crippen molar-refractivity contribution in [3.63, 3.8) is 0 Å². The maximum absolute atomic E-state index is 12.3. The van der Waals surface area contributed by atoms with Crippen LogP contribution in [0.25, 0.3) is 10.9 Å². The van der Waals surface area contributed by atoms with Crippen LogP contribution in [-0.2, 0) is 11.3 Å². The van der Waals surface area contributed by atoms with Gasteiger partial charge in [-0.25, -0.2) is 0 Å². The molecule has 1 amide bonds. The van der Waals surface area contributed by atoms with Crippen molar-refractivity contribution in [2.24, 2.45) is 0 Å². The standard InChI is InChI=1S/C17H22N2O/c20-17(19-11-5-1-2-6-12-19)10-14-18-13-9-15-7-3-4-8-16(15)18/h3-4,7-9,13H,1-2,5-6,10-12,14H2. The summed E-state index contributed by atoms with van der Waals surface area (Å²) in [4.78, 5) is 14.3. The van der Waals surface area contributed by atoms with E-state index in [-0.39, 0.29) is 0 Å². The van der Waals surface area contributed by atoms with Crippen LogP contribution in [0.15, 0.2) is 36.5 Å². The third-order valence-electron chi connectivity index (χ3n) is 4.21. The van der Waals surface area contributed by atoms with E-state index in [1.807, 2.05) is 0 Å². The van der Waals surface area contributed by atoms with Gasteiger partial charge in [-0.3, -0.25) is 4.79 Å². The van der Waals surface area contributed by atoms with Crippen LogP contribution in [0.2, 0.25) is 0 Å². The van der Waals surface area contributed by atoms with Crippen LogP contribution in [0.3, 0.4) is 0 Å². The highest BCUT2D eigenvalue weighted by atomic mass is 16.2. The van der Waals surface area contributed by atoms with Gasteiger partial charge in [0.15, 0.2) is 0 Å². The minimum atomic E-state index is 0.310. The minimum absolute atomic E-state index is 0.310. The summed E-state index contributed by atoms with van der Waals surface area (Å²) >= 11 is 0. The van der Waals surface area contributed by atoms with Crippen molar-refractivity contribution in [3.05, 3.63) is 36.5 Å². The summed E-state index contributed by atoms with van der Waals surface area (Å²) in [6.45, 7) is 2.68. The highest BCUT2D eigenvalue weighted by molar-refractivity contribution is 5.80. The van der Waals surface area contributed by atoms with E-state index in [2.05, 4.69) is 46.0 Å². The lowest BCUT2D eigenvalue weighted by Gasteiger charge is -2.20. The van der Waals surface area contributed by atoms with Crippen LogP contribution >= 0.6 is 0 Å². The van der Waals surface area contributed by atoms with E-state index in [1.165, 1.54) is 23.7 Å². The average Bonchev–Trinajstić information content (AvgIpc) is 2.70. The number of carbonyl (C=O) groups excluding carboxylic acids is 1. The fourth-order valence-electron chi connectivity index (χ4n) is 3.03. The van der Waals surface area contributed by atoms with Gasteiger partial charge in [-0.2, -0.15) is 0 Å². The van der Waals surface area contributed by atoms with Gasteiger partial charge >= 0.3 is 0 Å². The zero-order chi connectivity index (χ0) is 13.8. The molecule has 0 bridgehead atoms. The molecular formula is C17H22N2O. The fourth-order valence-corrected chi connectivity index (χ4v) is 3.03. The number of hydrogen-bond donors (Lipinski definition) is 0. The molecule has 1 aromatic carbocycles. The van der Waals surface area contributed by atoms with E-state index in [9.17, 15) is 4.79 Å². The first kappa shape index (κ1) is 13.2. The quantitative estimate of drug-likeness (QED) is 0.838. The van der Waals surface area contributed by atoms with Crippen LogP contribution in [0.5, 0.6) is 0 Å². The summed E-state index contributed by atoms with van der Waals surface area (Å²) < 4.78 is 2.19. The largest absolute Gasteiger partial charge is 0.347 e. The maximum atomic E-state index is 12.3. The SMILES string of the molecule is O=C(CCn1ccc2ccccc21)N1CCCCCC1. The van der Waals surface area contributed by atoms with Crippen LogP contribution in [0, 0.1) is 0 Å². The second-order valence-corrected chi connectivity index (χ2v) is 5.61. The first-order chi connectivity index (χ1) is 9.84. The first-order valence-corrected chi connectivity index (χ1v) is 7.66. The molecule has 1 saturated heterocycles. The maximum Gasteiger partial charge on any atom is 0.224 e. The Morgan fingerprint density at radius 1 is 1.00 bits per heavy atom. The van der Waals surface area contributed by atoms with Gasteiger partial charge in [0, 0.05) is 37.8 Å². The number of rotatable bonds is 3. The molecule has 20 heavy (non-hydrogen) atoms. The van der Waals surface area contributed by atoms with E-state index in [0.29, 0.717) is 12.3 Å². The van der Waals surface area contributed by atoms with Crippen molar-refractivity contribution in [3.8, 4) is 0 Å². The van der Waals surface area contributed by atoms with E-state index in [1.54, 1.807) is 0 Å². The molecule has 1 aliphatic heterocycles. The molecule has 0 radical (unpaired) electrons. The van der Waals surface area contributed by atoms with E-state index >= 15 is 0 Å². The van der Waals surface area contributed by atoms with Gasteiger partial charge in [-0.1, -0.05) is 31.0 Å². The highest BCUT2D eigenvalue weighted by Gasteiger charge is 2.15. The Hall–Kier alpha value is -1.77. The number of nitrogens with zero attached hydrogens (tertiary/aromatic N) is 2. The Kier molecular flexibility index (Phi) is 4.05. The van der Waals surface area contributed by atoms with Gasteiger partial charge in [-0.05, 0) is 30.4 Å². The molecule has 0 saturated carbocycles. The number of likely N-dealkylation sites (tertiary alicyclic amines) is 1. The molecule has 3 nitrogen and oxygen atoms in total. The van der Waals surface area contributed by atoms with Crippen LogP contribution in [0.4, 0.5) is 0 Å². The number of aryl methyl sites for hydroxylation is 1. The fraction of sp³-hybridized carbons (Fsp3) is 0.471. The Balaban J connectivity index is 1.62. The van der Waals surface area contributed by atoms with Gasteiger partial charge in [0.05, 0.1) is 0 Å². The normalized spacial score (nSPS) is 16.3. The molecule has 3 heteroatoms. The molecular weight excluding hydrogens is 248 g/mol. The number of benzene rings is 1. The number of aromatic nitrogens is 1. The lowest BCUT2D eigenvalue weighted by Crippen LogP contribution is -2.32. The summed E-state index contributed by atoms with van der Waals surface area (Å²) in [5.41, 5.74) is 1.22. The molecule has 0 aliphatic carbocycles. The smallest absolute Gasteiger partial charge is 0.224 e. The van der Waals surface area contributed by atoms with Crippen molar-refractivity contribution in [2.45, 2.75) is 38.6 Å². The van der Waals surface area contributed by atoms with Gasteiger partial charge in [-0.15, -0.1) is 0 Å². The highest BCUT2D eigenvalue weighted by Crippen LogP contribution is 2.16. The molecule has 1 aliphatic rings. The zero-order valence-electron chi connectivity index (χ0n) is 11.9. The molecule has 0 atom stereocenters. The van der Waals surface area contributed by atoms with Crippen molar-refractivity contribution >= 4 is 16.8 Å². The molecule has 1 aromatic heterocycles. The van der Waals surface area contributed by atoms with Gasteiger partial charge in [0.2, 0.25) is 5.91 Å². The molecule has 3 rings (SSSR count). The number of fused-ring (bicyclic) bond motifs is 1. The molecule has 0 N–H and O–H groups in total. The van der Waals surface area contributed by atoms with Crippen molar-refractivity contribution < 1.29 is 4.79 Å². The predicted molar refractivity (Wildman–Crippen MR) is 81.6 cm³/mol. The third kappa shape index (κ3) is 2.87. The second-order valence-electron chi connectivity index (χ2n) is 5.61. The molecule has 1 fully saturated rings. The molecule has 106 valence electrons. The molecule has 2 heterocycles. The summed E-state index contributed by atoms with van der Waals surface area (Å²) in [7, 11) is 0. The number of carbonyl (C=O) groups is 1. The van der Waals surface area contributed by atoms with Crippen molar-refractivity contribution in [1.29, 1.82) is 0 Å². The second kappa shape index (κ2) is 6.12. The number of para-hydroxylation sites is 1. The van der Waals surface area contributed by atoms with Crippen LogP contribution < -0.4 is 0 Å².